The standard InChI is InChI=1S/C20H16F3N3O3/c21-20(22,23)14-4-8-16(9-5-14)26-12-11-24-18(19(26)29)25-15-6-1-13(2-7-15)3-10-17(27)28/h1-2,4-9,11-12H,3,10H2,(H,24,25)(H,27,28). The summed E-state index contributed by atoms with van der Waals surface area (Å²) in [6, 6.07) is 11.1. The van der Waals surface area contributed by atoms with Crippen molar-refractivity contribution in [2.75, 3.05) is 5.32 Å². The number of hydrogen-bond acceptors (Lipinski definition) is 4. The number of carbonyl (C=O) groups is 1. The first kappa shape index (κ1) is 20.1. The Morgan fingerprint density at radius 1 is 1.07 bits per heavy atom. The van der Waals surface area contributed by atoms with Crippen LogP contribution in [0.3, 0.4) is 0 Å². The molecule has 0 saturated heterocycles. The first-order valence-corrected chi connectivity index (χ1v) is 8.57. The lowest BCUT2D eigenvalue weighted by Gasteiger charge is -2.11. The predicted molar refractivity (Wildman–Crippen MR) is 101 cm³/mol. The zero-order valence-electron chi connectivity index (χ0n) is 15.0. The average Bonchev–Trinajstić information content (AvgIpc) is 2.68. The molecule has 6 nitrogen and oxygen atoms in total. The van der Waals surface area contributed by atoms with E-state index in [4.69, 9.17) is 5.11 Å². The van der Waals surface area contributed by atoms with E-state index in [1.54, 1.807) is 24.3 Å². The Hall–Kier alpha value is -3.62. The van der Waals surface area contributed by atoms with Gasteiger partial charge in [-0.05, 0) is 48.4 Å². The molecule has 0 saturated carbocycles. The summed E-state index contributed by atoms with van der Waals surface area (Å²) in [5.74, 6) is -0.879. The van der Waals surface area contributed by atoms with Gasteiger partial charge in [-0.1, -0.05) is 12.1 Å². The number of benzene rings is 2. The van der Waals surface area contributed by atoms with Gasteiger partial charge in [0.25, 0.3) is 5.56 Å². The second-order valence-electron chi connectivity index (χ2n) is 6.21. The summed E-state index contributed by atoms with van der Waals surface area (Å²) in [5.41, 5.74) is 0.351. The summed E-state index contributed by atoms with van der Waals surface area (Å²) in [4.78, 5) is 27.3. The second kappa shape index (κ2) is 8.17. The van der Waals surface area contributed by atoms with Gasteiger partial charge in [0.1, 0.15) is 0 Å². The molecule has 29 heavy (non-hydrogen) atoms. The minimum absolute atomic E-state index is 0.00526. The zero-order valence-corrected chi connectivity index (χ0v) is 15.0. The lowest BCUT2D eigenvalue weighted by atomic mass is 10.1. The van der Waals surface area contributed by atoms with Gasteiger partial charge in [0.05, 0.1) is 5.56 Å². The van der Waals surface area contributed by atoms with Crippen LogP contribution in [0.4, 0.5) is 24.7 Å². The van der Waals surface area contributed by atoms with Crippen LogP contribution in [0.2, 0.25) is 0 Å². The maximum Gasteiger partial charge on any atom is 0.416 e. The van der Waals surface area contributed by atoms with Crippen LogP contribution >= 0.6 is 0 Å². The van der Waals surface area contributed by atoms with Crippen LogP contribution in [-0.4, -0.2) is 20.6 Å². The van der Waals surface area contributed by atoms with Crippen molar-refractivity contribution in [1.82, 2.24) is 9.55 Å². The quantitative estimate of drug-likeness (QED) is 0.650. The number of aryl methyl sites for hydroxylation is 1. The van der Waals surface area contributed by atoms with E-state index in [0.29, 0.717) is 12.1 Å². The molecule has 3 aromatic rings. The number of rotatable bonds is 6. The fourth-order valence-corrected chi connectivity index (χ4v) is 2.65. The van der Waals surface area contributed by atoms with E-state index >= 15 is 0 Å². The molecule has 3 rings (SSSR count). The molecule has 150 valence electrons. The van der Waals surface area contributed by atoms with E-state index < -0.39 is 23.3 Å². The summed E-state index contributed by atoms with van der Waals surface area (Å²) >= 11 is 0. The Balaban J connectivity index is 1.80. The van der Waals surface area contributed by atoms with Crippen LogP contribution in [0.5, 0.6) is 0 Å². The minimum atomic E-state index is -4.45. The first-order valence-electron chi connectivity index (χ1n) is 8.57. The molecule has 1 heterocycles. The number of halogens is 3. The monoisotopic (exact) mass is 403 g/mol. The highest BCUT2D eigenvalue weighted by molar-refractivity contribution is 5.67. The number of aliphatic carboxylic acids is 1. The number of anilines is 2. The molecule has 0 atom stereocenters. The number of nitrogens with zero attached hydrogens (tertiary/aromatic N) is 2. The van der Waals surface area contributed by atoms with Crippen LogP contribution < -0.4 is 10.9 Å². The van der Waals surface area contributed by atoms with Crippen molar-refractivity contribution in [3.05, 3.63) is 82.4 Å². The van der Waals surface area contributed by atoms with Crippen molar-refractivity contribution in [1.29, 1.82) is 0 Å². The largest absolute Gasteiger partial charge is 0.481 e. The topological polar surface area (TPSA) is 84.2 Å². The third-order valence-electron chi connectivity index (χ3n) is 4.16. The van der Waals surface area contributed by atoms with Crippen LogP contribution in [0.25, 0.3) is 5.69 Å². The molecule has 0 aliphatic carbocycles. The molecule has 2 aromatic carbocycles. The minimum Gasteiger partial charge on any atom is -0.481 e. The van der Waals surface area contributed by atoms with Crippen molar-refractivity contribution in [3.8, 4) is 5.69 Å². The van der Waals surface area contributed by atoms with Gasteiger partial charge in [0.2, 0.25) is 0 Å². The number of carboxylic acids is 1. The van der Waals surface area contributed by atoms with Gasteiger partial charge in [-0.2, -0.15) is 13.2 Å². The van der Waals surface area contributed by atoms with Gasteiger partial charge in [-0.25, -0.2) is 4.98 Å². The van der Waals surface area contributed by atoms with E-state index in [9.17, 15) is 22.8 Å². The van der Waals surface area contributed by atoms with E-state index in [-0.39, 0.29) is 17.9 Å². The number of carboxylic acid groups (broad SMARTS) is 1. The highest BCUT2D eigenvalue weighted by Gasteiger charge is 2.30. The third kappa shape index (κ3) is 5.01. The van der Waals surface area contributed by atoms with Crippen LogP contribution in [0, 0.1) is 0 Å². The predicted octanol–water partition coefficient (Wildman–Crippen LogP) is 4.01. The maximum absolute atomic E-state index is 12.7. The molecule has 0 amide bonds. The number of nitrogens with one attached hydrogen (secondary N) is 1. The zero-order chi connectivity index (χ0) is 21.0. The Morgan fingerprint density at radius 2 is 1.72 bits per heavy atom. The van der Waals surface area contributed by atoms with Gasteiger partial charge < -0.3 is 10.4 Å². The van der Waals surface area contributed by atoms with E-state index in [1.165, 1.54) is 29.1 Å². The SMILES string of the molecule is O=C(O)CCc1ccc(Nc2nccn(-c3ccc(C(F)(F)F)cc3)c2=O)cc1. The Labute approximate surface area is 163 Å². The molecule has 9 heteroatoms. The molecular formula is C20H16F3N3O3. The molecular weight excluding hydrogens is 387 g/mol. The normalized spacial score (nSPS) is 11.3. The molecule has 0 aliphatic rings. The van der Waals surface area contributed by atoms with Crippen molar-refractivity contribution < 1.29 is 23.1 Å². The average molecular weight is 403 g/mol. The Kier molecular flexibility index (Phi) is 5.67. The van der Waals surface area contributed by atoms with Crippen molar-refractivity contribution in [2.24, 2.45) is 0 Å². The molecule has 0 bridgehead atoms. The van der Waals surface area contributed by atoms with Gasteiger partial charge >= 0.3 is 12.1 Å². The van der Waals surface area contributed by atoms with Gasteiger partial charge in [0, 0.05) is 30.2 Å². The maximum atomic E-state index is 12.7. The summed E-state index contributed by atoms with van der Waals surface area (Å²) in [6.07, 6.45) is -1.32. The van der Waals surface area contributed by atoms with Crippen LogP contribution in [0.15, 0.2) is 65.7 Å². The molecule has 0 spiro atoms. The molecule has 0 unspecified atom stereocenters. The van der Waals surface area contributed by atoms with Gasteiger partial charge in [-0.3, -0.25) is 14.2 Å². The van der Waals surface area contributed by atoms with Crippen LogP contribution in [-0.2, 0) is 17.4 Å². The number of aromatic nitrogens is 2. The van der Waals surface area contributed by atoms with E-state index in [0.717, 1.165) is 17.7 Å². The van der Waals surface area contributed by atoms with E-state index in [1.807, 2.05) is 0 Å². The van der Waals surface area contributed by atoms with Crippen LogP contribution in [0.1, 0.15) is 17.5 Å². The second-order valence-corrected chi connectivity index (χ2v) is 6.21. The lowest BCUT2D eigenvalue weighted by Crippen LogP contribution is -2.21. The molecule has 2 N–H and O–H groups in total. The summed E-state index contributed by atoms with van der Waals surface area (Å²) < 4.78 is 39.3. The van der Waals surface area contributed by atoms with Gasteiger partial charge in [-0.15, -0.1) is 0 Å². The van der Waals surface area contributed by atoms with Crippen molar-refractivity contribution >= 4 is 17.5 Å². The first-order chi connectivity index (χ1) is 13.7. The Bertz CT molecular complexity index is 1060. The lowest BCUT2D eigenvalue weighted by molar-refractivity contribution is -0.138. The van der Waals surface area contributed by atoms with Gasteiger partial charge in [0.15, 0.2) is 5.82 Å². The summed E-state index contributed by atoms with van der Waals surface area (Å²) in [5, 5.41) is 11.6. The highest BCUT2D eigenvalue weighted by atomic mass is 19.4. The summed E-state index contributed by atoms with van der Waals surface area (Å²) in [6.45, 7) is 0. The fraction of sp³-hybridized carbons (Fsp3) is 0.150. The van der Waals surface area contributed by atoms with Crippen molar-refractivity contribution in [3.63, 3.8) is 0 Å². The van der Waals surface area contributed by atoms with Crippen molar-refractivity contribution in [2.45, 2.75) is 19.0 Å². The Morgan fingerprint density at radius 3 is 2.31 bits per heavy atom. The molecule has 0 fully saturated rings. The summed E-state index contributed by atoms with van der Waals surface area (Å²) in [7, 11) is 0. The third-order valence-corrected chi connectivity index (χ3v) is 4.16. The number of alkyl halides is 3. The molecule has 1 aromatic heterocycles. The molecule has 0 radical (unpaired) electrons. The fourth-order valence-electron chi connectivity index (χ4n) is 2.65. The van der Waals surface area contributed by atoms with E-state index in [2.05, 4.69) is 10.3 Å². The molecule has 0 aliphatic heterocycles. The number of hydrogen-bond donors (Lipinski definition) is 2. The highest BCUT2D eigenvalue weighted by Crippen LogP contribution is 2.29. The smallest absolute Gasteiger partial charge is 0.416 e.